The number of halogens is 1. The molecule has 0 bridgehead atoms. The fourth-order valence-electron chi connectivity index (χ4n) is 1.48. The predicted molar refractivity (Wildman–Crippen MR) is 72.6 cm³/mol. The second-order valence-corrected chi connectivity index (χ2v) is 4.14. The molecule has 1 heterocycles. The van der Waals surface area contributed by atoms with Crippen molar-refractivity contribution in [2.45, 2.75) is 13.5 Å². The van der Waals surface area contributed by atoms with E-state index in [2.05, 4.69) is 9.97 Å². The number of hydrogen-bond acceptors (Lipinski definition) is 5. The SMILES string of the molecule is CCOc1cc(CN)ccc1Oc1ncc(Cl)cn1. The van der Waals surface area contributed by atoms with Gasteiger partial charge in [0.05, 0.1) is 24.0 Å². The zero-order valence-corrected chi connectivity index (χ0v) is 11.2. The summed E-state index contributed by atoms with van der Waals surface area (Å²) in [7, 11) is 0. The van der Waals surface area contributed by atoms with E-state index in [1.54, 1.807) is 6.07 Å². The zero-order chi connectivity index (χ0) is 13.7. The molecule has 5 nitrogen and oxygen atoms in total. The lowest BCUT2D eigenvalue weighted by Gasteiger charge is -2.11. The van der Waals surface area contributed by atoms with Crippen LogP contribution in [0.15, 0.2) is 30.6 Å². The van der Waals surface area contributed by atoms with Gasteiger partial charge in [-0.05, 0) is 24.6 Å². The maximum Gasteiger partial charge on any atom is 0.322 e. The van der Waals surface area contributed by atoms with E-state index in [0.29, 0.717) is 29.7 Å². The molecule has 0 aliphatic rings. The Balaban J connectivity index is 2.25. The average Bonchev–Trinajstić information content (AvgIpc) is 2.43. The van der Waals surface area contributed by atoms with E-state index in [1.807, 2.05) is 19.1 Å². The normalized spacial score (nSPS) is 10.3. The van der Waals surface area contributed by atoms with Crippen LogP contribution in [0.25, 0.3) is 0 Å². The molecule has 19 heavy (non-hydrogen) atoms. The third-order valence-electron chi connectivity index (χ3n) is 2.34. The highest BCUT2D eigenvalue weighted by Gasteiger charge is 2.08. The van der Waals surface area contributed by atoms with Gasteiger partial charge in [-0.3, -0.25) is 0 Å². The second-order valence-electron chi connectivity index (χ2n) is 3.70. The van der Waals surface area contributed by atoms with Crippen LogP contribution in [0, 0.1) is 0 Å². The van der Waals surface area contributed by atoms with Gasteiger partial charge in [-0.1, -0.05) is 17.7 Å². The Kier molecular flexibility index (Phi) is 4.54. The third-order valence-corrected chi connectivity index (χ3v) is 2.54. The molecule has 0 saturated heterocycles. The molecule has 0 fully saturated rings. The van der Waals surface area contributed by atoms with E-state index in [0.717, 1.165) is 5.56 Å². The van der Waals surface area contributed by atoms with Crippen molar-refractivity contribution in [1.82, 2.24) is 9.97 Å². The summed E-state index contributed by atoms with van der Waals surface area (Å²) in [6.07, 6.45) is 2.94. The molecule has 0 spiro atoms. The Morgan fingerprint density at radius 2 is 1.95 bits per heavy atom. The van der Waals surface area contributed by atoms with Crippen LogP contribution in [0.2, 0.25) is 5.02 Å². The van der Waals surface area contributed by atoms with Gasteiger partial charge in [0.25, 0.3) is 0 Å². The van der Waals surface area contributed by atoms with Gasteiger partial charge in [-0.2, -0.15) is 0 Å². The molecule has 0 radical (unpaired) electrons. The van der Waals surface area contributed by atoms with E-state index in [4.69, 9.17) is 26.8 Å². The minimum absolute atomic E-state index is 0.214. The number of rotatable bonds is 5. The van der Waals surface area contributed by atoms with Crippen molar-refractivity contribution in [1.29, 1.82) is 0 Å². The van der Waals surface area contributed by atoms with Crippen molar-refractivity contribution in [2.75, 3.05) is 6.61 Å². The van der Waals surface area contributed by atoms with Crippen molar-refractivity contribution in [3.63, 3.8) is 0 Å². The summed E-state index contributed by atoms with van der Waals surface area (Å²) < 4.78 is 11.1. The molecular formula is C13H14ClN3O2. The first-order valence-electron chi connectivity index (χ1n) is 5.84. The molecule has 6 heteroatoms. The van der Waals surface area contributed by atoms with Crippen molar-refractivity contribution < 1.29 is 9.47 Å². The molecule has 100 valence electrons. The highest BCUT2D eigenvalue weighted by molar-refractivity contribution is 6.30. The van der Waals surface area contributed by atoms with Crippen LogP contribution in [-0.4, -0.2) is 16.6 Å². The standard InChI is InChI=1S/C13H14ClN3O2/c1-2-18-12-5-9(6-15)3-4-11(12)19-13-16-7-10(14)8-17-13/h3-5,7-8H,2,6,15H2,1H3. The zero-order valence-electron chi connectivity index (χ0n) is 10.5. The number of hydrogen-bond donors (Lipinski definition) is 1. The molecule has 2 N–H and O–H groups in total. The molecule has 2 rings (SSSR count). The molecule has 1 aromatic carbocycles. The first kappa shape index (κ1) is 13.6. The van der Waals surface area contributed by atoms with E-state index < -0.39 is 0 Å². The van der Waals surface area contributed by atoms with Gasteiger partial charge in [-0.25, -0.2) is 9.97 Å². The molecule has 0 aliphatic heterocycles. The first-order chi connectivity index (χ1) is 9.22. The summed E-state index contributed by atoms with van der Waals surface area (Å²) >= 11 is 5.72. The number of ether oxygens (including phenoxy) is 2. The average molecular weight is 280 g/mol. The van der Waals surface area contributed by atoms with Crippen LogP contribution in [0.3, 0.4) is 0 Å². The van der Waals surface area contributed by atoms with Crippen LogP contribution >= 0.6 is 11.6 Å². The molecule has 0 aliphatic carbocycles. The number of nitrogens with two attached hydrogens (primary N) is 1. The van der Waals surface area contributed by atoms with Crippen molar-refractivity contribution in [3.8, 4) is 17.5 Å². The third kappa shape index (κ3) is 3.56. The van der Waals surface area contributed by atoms with Crippen molar-refractivity contribution >= 4 is 11.6 Å². The van der Waals surface area contributed by atoms with Gasteiger partial charge in [0.2, 0.25) is 0 Å². The Morgan fingerprint density at radius 1 is 1.21 bits per heavy atom. The number of aromatic nitrogens is 2. The topological polar surface area (TPSA) is 70.3 Å². The van der Waals surface area contributed by atoms with Gasteiger partial charge in [0, 0.05) is 6.54 Å². The quantitative estimate of drug-likeness (QED) is 0.911. The molecule has 0 saturated carbocycles. The van der Waals surface area contributed by atoms with E-state index >= 15 is 0 Å². The Labute approximate surface area is 116 Å². The summed E-state index contributed by atoms with van der Waals surface area (Å²) in [5.74, 6) is 1.16. The summed E-state index contributed by atoms with van der Waals surface area (Å²) in [6.45, 7) is 2.88. The van der Waals surface area contributed by atoms with Gasteiger partial charge in [-0.15, -0.1) is 0 Å². The Morgan fingerprint density at radius 3 is 2.58 bits per heavy atom. The van der Waals surface area contributed by atoms with E-state index in [9.17, 15) is 0 Å². The minimum atomic E-state index is 0.214. The number of benzene rings is 1. The van der Waals surface area contributed by atoms with Crippen molar-refractivity contribution in [2.24, 2.45) is 5.73 Å². The lowest BCUT2D eigenvalue weighted by molar-refractivity contribution is 0.316. The lowest BCUT2D eigenvalue weighted by atomic mass is 10.2. The summed E-state index contributed by atoms with van der Waals surface area (Å²) in [6, 6.07) is 5.71. The lowest BCUT2D eigenvalue weighted by Crippen LogP contribution is -2.00. The van der Waals surface area contributed by atoms with E-state index in [1.165, 1.54) is 12.4 Å². The number of nitrogens with zero attached hydrogens (tertiary/aromatic N) is 2. The molecular weight excluding hydrogens is 266 g/mol. The first-order valence-corrected chi connectivity index (χ1v) is 6.22. The van der Waals surface area contributed by atoms with Crippen LogP contribution in [-0.2, 0) is 6.54 Å². The monoisotopic (exact) mass is 279 g/mol. The fourth-order valence-corrected chi connectivity index (χ4v) is 1.58. The van der Waals surface area contributed by atoms with Crippen molar-refractivity contribution in [3.05, 3.63) is 41.2 Å². The fraction of sp³-hybridized carbons (Fsp3) is 0.231. The molecule has 0 unspecified atom stereocenters. The Bertz CT molecular complexity index is 546. The Hall–Kier alpha value is -1.85. The predicted octanol–water partition coefficient (Wildman–Crippen LogP) is 2.78. The summed E-state index contributed by atoms with van der Waals surface area (Å²) in [5, 5.41) is 0.455. The molecule has 0 atom stereocenters. The smallest absolute Gasteiger partial charge is 0.322 e. The van der Waals surface area contributed by atoms with Gasteiger partial charge in [0.1, 0.15) is 0 Å². The second kappa shape index (κ2) is 6.36. The van der Waals surface area contributed by atoms with Gasteiger partial charge >= 0.3 is 6.01 Å². The van der Waals surface area contributed by atoms with Gasteiger partial charge in [0.15, 0.2) is 11.5 Å². The molecule has 2 aromatic rings. The van der Waals surface area contributed by atoms with E-state index in [-0.39, 0.29) is 6.01 Å². The van der Waals surface area contributed by atoms with Crippen LogP contribution in [0.4, 0.5) is 0 Å². The van der Waals surface area contributed by atoms with Crippen LogP contribution in [0.1, 0.15) is 12.5 Å². The molecule has 1 aromatic heterocycles. The summed E-state index contributed by atoms with van der Waals surface area (Å²) in [4.78, 5) is 7.94. The highest BCUT2D eigenvalue weighted by Crippen LogP contribution is 2.31. The summed E-state index contributed by atoms with van der Waals surface area (Å²) in [5.41, 5.74) is 6.56. The minimum Gasteiger partial charge on any atom is -0.490 e. The van der Waals surface area contributed by atoms with Crippen LogP contribution < -0.4 is 15.2 Å². The van der Waals surface area contributed by atoms with Crippen LogP contribution in [0.5, 0.6) is 17.5 Å². The maximum absolute atomic E-state index is 5.72. The highest BCUT2D eigenvalue weighted by atomic mass is 35.5. The largest absolute Gasteiger partial charge is 0.490 e. The van der Waals surface area contributed by atoms with Gasteiger partial charge < -0.3 is 15.2 Å². The maximum atomic E-state index is 5.72. The molecule has 0 amide bonds.